The van der Waals surface area contributed by atoms with Gasteiger partial charge in [-0.2, -0.15) is 18.0 Å². The quantitative estimate of drug-likeness (QED) is 0.0374. The van der Waals surface area contributed by atoms with Crippen molar-refractivity contribution in [2.24, 2.45) is 7.05 Å². The second-order valence-electron chi connectivity index (χ2n) is 14.0. The molecular weight excluding hydrogens is 901 g/mol. The van der Waals surface area contributed by atoms with Crippen molar-refractivity contribution in [3.05, 3.63) is 89.5 Å². The highest BCUT2D eigenvalue weighted by molar-refractivity contribution is 7.86. The van der Waals surface area contributed by atoms with Crippen molar-refractivity contribution in [3.8, 4) is 0 Å². The summed E-state index contributed by atoms with van der Waals surface area (Å²) >= 11 is 0. The van der Waals surface area contributed by atoms with E-state index in [1.165, 1.54) is 39.9 Å². The Morgan fingerprint density at radius 2 is 1.48 bits per heavy atom. The van der Waals surface area contributed by atoms with Crippen LogP contribution in [0.1, 0.15) is 86.8 Å². The number of imidazole rings is 2. The zero-order chi connectivity index (χ0) is 49.8. The molecule has 0 unspecified atom stereocenters. The average Bonchev–Trinajstić information content (AvgIpc) is 4.07. The van der Waals surface area contributed by atoms with Crippen molar-refractivity contribution in [1.29, 1.82) is 0 Å². The molecule has 66 heavy (non-hydrogen) atoms. The Labute approximate surface area is 380 Å². The number of aromatic nitrogens is 5. The lowest BCUT2D eigenvalue weighted by atomic mass is 10.0. The van der Waals surface area contributed by atoms with Crippen molar-refractivity contribution in [1.82, 2.24) is 29.3 Å². The first-order chi connectivity index (χ1) is 31.1. The summed E-state index contributed by atoms with van der Waals surface area (Å²) in [4.78, 5) is 70.8. The first kappa shape index (κ1) is 55.7. The Balaban J connectivity index is 0.000000388. The van der Waals surface area contributed by atoms with Crippen LogP contribution < -0.4 is 14.8 Å². The smallest absolute Gasteiger partial charge is 0.511 e. The topological polar surface area (TPSA) is 231 Å². The molecule has 0 aliphatic carbocycles. The molecule has 1 aliphatic rings. The second-order valence-corrected chi connectivity index (χ2v) is 15.4. The number of fused-ring (bicyclic) bond motifs is 1. The maximum atomic E-state index is 14.1. The standard InChI is InChI=1S/C26H33FN4O4.C8H13N2O2.C7H10N2O2.CHF3O3S/c1-6-13-35-26(34)31-22-10-9-18(27)14-19(22)20(25(31)33)15-21-16(4)23(17(5)29-21)24(32)28-11-12-30(7-2)8-3;1-3-6-12-8(11)10-5-4-9(2)7-10;1-2-5-11-7(10)9-4-3-8-6-9;2-1(3,4)8(5,6)7/h9-10,14-15,29H,6-8,11-13H2,1-5H3,(H,28,32);4-5,7H,3,6H2,1-2H3;3-4,6H,2,5H2,1H3;(H,5,6,7)/q;+1;;/p-1/b20-15-;;;. The summed E-state index contributed by atoms with van der Waals surface area (Å²) in [6.07, 6.45) is 12.0. The Morgan fingerprint density at radius 1 is 0.924 bits per heavy atom. The van der Waals surface area contributed by atoms with Crippen LogP contribution in [0, 0.1) is 19.7 Å². The number of ether oxygens (including phenoxy) is 3. The number of amides is 3. The maximum Gasteiger partial charge on any atom is 0.511 e. The van der Waals surface area contributed by atoms with Crippen molar-refractivity contribution in [3.63, 3.8) is 0 Å². The number of nitrogens with one attached hydrogen (secondary N) is 2. The Hall–Kier alpha value is -6.40. The number of imide groups is 1. The van der Waals surface area contributed by atoms with Crippen LogP contribution >= 0.6 is 0 Å². The van der Waals surface area contributed by atoms with Crippen molar-refractivity contribution in [2.75, 3.05) is 50.9 Å². The number of likely N-dealkylation sites (N-methyl/N-ethyl adjacent to an activating group) is 1. The number of aromatic amines is 1. The largest absolute Gasteiger partial charge is 0.741 e. The zero-order valence-corrected chi connectivity index (χ0v) is 38.8. The maximum absolute atomic E-state index is 14.1. The van der Waals surface area contributed by atoms with Crippen molar-refractivity contribution >= 4 is 57.5 Å². The predicted octanol–water partition coefficient (Wildman–Crippen LogP) is 6.31. The highest BCUT2D eigenvalue weighted by Crippen LogP contribution is 2.39. The molecule has 2 N–H and O–H groups in total. The van der Waals surface area contributed by atoms with E-state index in [4.69, 9.17) is 27.2 Å². The molecule has 0 bridgehead atoms. The summed E-state index contributed by atoms with van der Waals surface area (Å²) in [5, 5.41) is 2.95. The lowest BCUT2D eigenvalue weighted by molar-refractivity contribution is -0.670. The van der Waals surface area contributed by atoms with Gasteiger partial charge in [-0.05, 0) is 76.0 Å². The molecule has 0 saturated heterocycles. The Kier molecular flexibility index (Phi) is 22.4. The van der Waals surface area contributed by atoms with Gasteiger partial charge < -0.3 is 34.0 Å². The SMILES string of the molecule is CCCOC(=O)N1C(=O)/C(=C\c2[nH]c(C)c(C(=O)NCCN(CC)CC)c2C)c2cc(F)ccc21.CCCOC(=O)n1cc[n+](C)c1.CCCOC(=O)n1ccnc1.O=S(=O)([O-])C(F)(F)F. The monoisotopic (exact) mass is 956 g/mol. The number of halogens is 4. The molecular formula is C42H56F4N8O11S. The van der Waals surface area contributed by atoms with Crippen LogP contribution in [0.3, 0.4) is 0 Å². The van der Waals surface area contributed by atoms with Gasteiger partial charge >= 0.3 is 23.8 Å². The van der Waals surface area contributed by atoms with Gasteiger partial charge in [-0.25, -0.2) is 41.4 Å². The number of hydrogen-bond acceptors (Lipinski definition) is 13. The number of rotatable bonds is 13. The second kappa shape index (κ2) is 26.5. The molecule has 364 valence electrons. The Morgan fingerprint density at radius 3 is 1.97 bits per heavy atom. The number of alkyl halides is 3. The molecule has 4 aromatic rings. The highest BCUT2D eigenvalue weighted by Gasteiger charge is 2.39. The predicted molar refractivity (Wildman–Crippen MR) is 231 cm³/mol. The Bertz CT molecular complexity index is 2380. The summed E-state index contributed by atoms with van der Waals surface area (Å²) in [5.41, 5.74) is -2.59. The third-order valence-electron chi connectivity index (χ3n) is 8.97. The lowest BCUT2D eigenvalue weighted by Gasteiger charge is -2.18. The summed E-state index contributed by atoms with van der Waals surface area (Å²) in [6.45, 7) is 17.6. The van der Waals surface area contributed by atoms with Gasteiger partial charge in [-0.15, -0.1) is 4.57 Å². The number of H-pyrrole nitrogens is 1. The van der Waals surface area contributed by atoms with Gasteiger partial charge in [0.25, 0.3) is 18.1 Å². The van der Waals surface area contributed by atoms with E-state index in [0.717, 1.165) is 37.4 Å². The van der Waals surface area contributed by atoms with Gasteiger partial charge in [0, 0.05) is 42.4 Å². The molecule has 0 saturated carbocycles. The minimum atomic E-state index is -6.09. The van der Waals surface area contributed by atoms with E-state index in [2.05, 4.69) is 34.0 Å². The van der Waals surface area contributed by atoms with Crippen molar-refractivity contribution < 1.29 is 73.3 Å². The summed E-state index contributed by atoms with van der Waals surface area (Å²) in [5.74, 6) is -1.34. The van der Waals surface area contributed by atoms with Gasteiger partial charge in [-0.1, -0.05) is 34.6 Å². The number of nitrogens with zero attached hydrogens (tertiary/aromatic N) is 6. The van der Waals surface area contributed by atoms with Crippen LogP contribution in [-0.2, 0) is 36.2 Å². The van der Waals surface area contributed by atoms with Gasteiger partial charge in [0.1, 0.15) is 24.5 Å². The van der Waals surface area contributed by atoms with E-state index in [1.807, 2.05) is 27.8 Å². The van der Waals surface area contributed by atoms with E-state index in [1.54, 1.807) is 49.4 Å². The number of aryl methyl sites for hydroxylation is 2. The van der Waals surface area contributed by atoms with E-state index < -0.39 is 33.4 Å². The molecule has 3 aromatic heterocycles. The number of anilines is 1. The molecule has 0 spiro atoms. The zero-order valence-electron chi connectivity index (χ0n) is 37.9. The summed E-state index contributed by atoms with van der Waals surface area (Å²) in [6, 6.07) is 3.80. The van der Waals surface area contributed by atoms with E-state index in [0.29, 0.717) is 54.3 Å². The molecule has 19 nitrogen and oxygen atoms in total. The summed E-state index contributed by atoms with van der Waals surface area (Å²) < 4.78 is 92.4. The fourth-order valence-electron chi connectivity index (χ4n) is 5.65. The number of benzene rings is 1. The molecule has 3 amide bonds. The van der Waals surface area contributed by atoms with Crippen LogP contribution in [-0.4, -0.2) is 119 Å². The van der Waals surface area contributed by atoms with Crippen molar-refractivity contribution in [2.45, 2.75) is 73.2 Å². The molecule has 24 heteroatoms. The van der Waals surface area contributed by atoms with Gasteiger partial charge in [-0.3, -0.25) is 9.59 Å². The van der Waals surface area contributed by atoms with Gasteiger partial charge in [0.15, 0.2) is 10.1 Å². The molecule has 0 atom stereocenters. The van der Waals surface area contributed by atoms with E-state index in [9.17, 15) is 41.5 Å². The number of carbonyl (C=O) groups is 5. The number of hydrogen-bond donors (Lipinski definition) is 2. The first-order valence-electron chi connectivity index (χ1n) is 20.7. The fraction of sp³-hybridized carbons (Fsp3) is 0.452. The summed E-state index contributed by atoms with van der Waals surface area (Å²) in [7, 11) is -4.24. The molecule has 1 aliphatic heterocycles. The van der Waals surface area contributed by atoms with E-state index in [-0.39, 0.29) is 36.0 Å². The molecule has 5 rings (SSSR count). The van der Waals surface area contributed by atoms with E-state index >= 15 is 0 Å². The van der Waals surface area contributed by atoms with Crippen LogP contribution in [0.2, 0.25) is 0 Å². The van der Waals surface area contributed by atoms with Crippen LogP contribution in [0.15, 0.2) is 55.6 Å². The third kappa shape index (κ3) is 16.5. The normalized spacial score (nSPS) is 12.5. The fourth-order valence-corrected chi connectivity index (χ4v) is 5.65. The molecule has 0 radical (unpaired) electrons. The first-order valence-corrected chi connectivity index (χ1v) is 22.1. The molecule has 1 aromatic carbocycles. The molecule has 4 heterocycles. The van der Waals surface area contributed by atoms with Gasteiger partial charge in [0.05, 0.1) is 43.7 Å². The van der Waals surface area contributed by atoms with Crippen LogP contribution in [0.5, 0.6) is 0 Å². The van der Waals surface area contributed by atoms with Crippen LogP contribution in [0.4, 0.5) is 37.6 Å². The minimum Gasteiger partial charge on any atom is -0.741 e. The highest BCUT2D eigenvalue weighted by atomic mass is 32.2. The lowest BCUT2D eigenvalue weighted by Crippen LogP contribution is -2.35. The van der Waals surface area contributed by atoms with Crippen LogP contribution in [0.25, 0.3) is 11.6 Å². The molecule has 0 fully saturated rings. The minimum absolute atomic E-state index is 0.144. The third-order valence-corrected chi connectivity index (χ3v) is 9.54. The number of carbonyl (C=O) groups excluding carboxylic acids is 5. The average molecular weight is 957 g/mol. The van der Waals surface area contributed by atoms with Gasteiger partial charge in [0.2, 0.25) is 0 Å².